The van der Waals surface area contributed by atoms with Crippen LogP contribution in [0.5, 0.6) is 0 Å². The predicted molar refractivity (Wildman–Crippen MR) is 49.2 cm³/mol. The van der Waals surface area contributed by atoms with Gasteiger partial charge in [-0.1, -0.05) is 12.1 Å². The zero-order valence-corrected chi connectivity index (χ0v) is 6.98. The first-order chi connectivity index (χ1) is 5.42. The summed E-state index contributed by atoms with van der Waals surface area (Å²) in [5.74, 6) is 0. The van der Waals surface area contributed by atoms with Crippen LogP contribution in [-0.4, -0.2) is 11.4 Å². The first-order valence-electron chi connectivity index (χ1n) is 3.44. The lowest BCUT2D eigenvalue weighted by Gasteiger charge is -1.91. The van der Waals surface area contributed by atoms with E-state index in [4.69, 9.17) is 0 Å². The fourth-order valence-electron chi connectivity index (χ4n) is 1.07. The van der Waals surface area contributed by atoms with Gasteiger partial charge in [0.2, 0.25) is 0 Å². The standard InChI is InChI=1S/C8H8N2S/c1-9-8-6-4-2-3-5-7(6)10-11-8/h2-5,9H,1H3. The summed E-state index contributed by atoms with van der Waals surface area (Å²) in [6.45, 7) is 0. The highest BCUT2D eigenvalue weighted by molar-refractivity contribution is 7.11. The third-order valence-electron chi connectivity index (χ3n) is 1.61. The van der Waals surface area contributed by atoms with Gasteiger partial charge >= 0.3 is 0 Å². The number of nitrogens with zero attached hydrogens (tertiary/aromatic N) is 1. The Labute approximate surface area is 69.0 Å². The Hall–Kier alpha value is -1.09. The molecule has 0 saturated carbocycles. The van der Waals surface area contributed by atoms with Gasteiger partial charge in [0.15, 0.2) is 0 Å². The molecule has 2 aromatic rings. The van der Waals surface area contributed by atoms with Crippen LogP contribution in [-0.2, 0) is 0 Å². The third kappa shape index (κ3) is 0.973. The van der Waals surface area contributed by atoms with Crippen molar-refractivity contribution in [1.82, 2.24) is 4.37 Å². The number of anilines is 1. The molecule has 0 unspecified atom stereocenters. The highest BCUT2D eigenvalue weighted by Crippen LogP contribution is 2.26. The summed E-state index contributed by atoms with van der Waals surface area (Å²) in [6.07, 6.45) is 0. The minimum atomic E-state index is 1.07. The fourth-order valence-corrected chi connectivity index (χ4v) is 1.78. The van der Waals surface area contributed by atoms with Crippen molar-refractivity contribution in [2.75, 3.05) is 12.4 Å². The largest absolute Gasteiger partial charge is 0.378 e. The molecule has 1 heterocycles. The molecule has 11 heavy (non-hydrogen) atoms. The molecule has 3 heteroatoms. The molecule has 0 saturated heterocycles. The van der Waals surface area contributed by atoms with Crippen LogP contribution in [0.1, 0.15) is 0 Å². The van der Waals surface area contributed by atoms with Crippen LogP contribution >= 0.6 is 11.5 Å². The van der Waals surface area contributed by atoms with E-state index in [9.17, 15) is 0 Å². The molecule has 0 aliphatic rings. The highest BCUT2D eigenvalue weighted by Gasteiger charge is 2.00. The Morgan fingerprint density at radius 3 is 3.00 bits per heavy atom. The Morgan fingerprint density at radius 1 is 1.36 bits per heavy atom. The zero-order valence-electron chi connectivity index (χ0n) is 6.16. The molecular weight excluding hydrogens is 156 g/mol. The van der Waals surface area contributed by atoms with Crippen molar-refractivity contribution < 1.29 is 0 Å². The highest BCUT2D eigenvalue weighted by atomic mass is 32.1. The minimum absolute atomic E-state index is 1.07. The maximum atomic E-state index is 4.27. The van der Waals surface area contributed by atoms with Gasteiger partial charge in [-0.25, -0.2) is 0 Å². The van der Waals surface area contributed by atoms with Crippen molar-refractivity contribution in [3.8, 4) is 0 Å². The van der Waals surface area contributed by atoms with E-state index in [-0.39, 0.29) is 0 Å². The van der Waals surface area contributed by atoms with Gasteiger partial charge in [0.25, 0.3) is 0 Å². The van der Waals surface area contributed by atoms with Gasteiger partial charge in [0.05, 0.1) is 5.52 Å². The normalized spacial score (nSPS) is 10.3. The van der Waals surface area contributed by atoms with Gasteiger partial charge in [-0.15, -0.1) is 0 Å². The van der Waals surface area contributed by atoms with Gasteiger partial charge < -0.3 is 5.32 Å². The van der Waals surface area contributed by atoms with Crippen molar-refractivity contribution >= 4 is 27.4 Å². The molecule has 0 bridgehead atoms. The van der Waals surface area contributed by atoms with Gasteiger partial charge in [-0.3, -0.25) is 0 Å². The molecule has 0 spiro atoms. The minimum Gasteiger partial charge on any atom is -0.378 e. The van der Waals surface area contributed by atoms with Crippen molar-refractivity contribution in [2.24, 2.45) is 0 Å². The van der Waals surface area contributed by atoms with Gasteiger partial charge in [-0.05, 0) is 23.7 Å². The Kier molecular flexibility index (Phi) is 1.51. The Morgan fingerprint density at radius 2 is 2.18 bits per heavy atom. The van der Waals surface area contributed by atoms with E-state index in [0.717, 1.165) is 10.5 Å². The summed E-state index contributed by atoms with van der Waals surface area (Å²) in [5, 5.41) is 5.45. The average molecular weight is 164 g/mol. The van der Waals surface area contributed by atoms with Crippen LogP contribution in [0, 0.1) is 0 Å². The first-order valence-corrected chi connectivity index (χ1v) is 4.21. The summed E-state index contributed by atoms with van der Waals surface area (Å²) >= 11 is 1.50. The van der Waals surface area contributed by atoms with Crippen molar-refractivity contribution in [2.45, 2.75) is 0 Å². The van der Waals surface area contributed by atoms with Gasteiger partial charge in [0.1, 0.15) is 5.00 Å². The van der Waals surface area contributed by atoms with E-state index in [1.165, 1.54) is 16.9 Å². The van der Waals surface area contributed by atoms with E-state index < -0.39 is 0 Å². The molecule has 56 valence electrons. The smallest absolute Gasteiger partial charge is 0.117 e. The number of nitrogens with one attached hydrogen (secondary N) is 1. The molecule has 0 fully saturated rings. The number of rotatable bonds is 1. The maximum Gasteiger partial charge on any atom is 0.117 e. The molecule has 1 N–H and O–H groups in total. The summed E-state index contributed by atoms with van der Waals surface area (Å²) in [6, 6.07) is 8.12. The van der Waals surface area contributed by atoms with E-state index in [2.05, 4.69) is 15.8 Å². The van der Waals surface area contributed by atoms with Crippen LogP contribution in [0.25, 0.3) is 10.9 Å². The third-order valence-corrected chi connectivity index (χ3v) is 2.51. The first kappa shape index (κ1) is 6.61. The molecule has 0 aliphatic heterocycles. The van der Waals surface area contributed by atoms with E-state index >= 15 is 0 Å². The van der Waals surface area contributed by atoms with Crippen molar-refractivity contribution in [3.63, 3.8) is 0 Å². The second-order valence-corrected chi connectivity index (χ2v) is 3.05. The topological polar surface area (TPSA) is 24.9 Å². The van der Waals surface area contributed by atoms with Crippen molar-refractivity contribution in [1.29, 1.82) is 0 Å². The monoisotopic (exact) mass is 164 g/mol. The fraction of sp³-hybridized carbons (Fsp3) is 0.125. The number of aromatic nitrogens is 1. The second kappa shape index (κ2) is 2.51. The second-order valence-electron chi connectivity index (χ2n) is 2.28. The van der Waals surface area contributed by atoms with Crippen LogP contribution in [0.3, 0.4) is 0 Å². The predicted octanol–water partition coefficient (Wildman–Crippen LogP) is 2.34. The number of benzene rings is 1. The van der Waals surface area contributed by atoms with Crippen molar-refractivity contribution in [3.05, 3.63) is 24.3 Å². The molecule has 2 rings (SSSR count). The SMILES string of the molecule is CNc1snc2ccccc12. The van der Waals surface area contributed by atoms with Gasteiger partial charge in [-0.2, -0.15) is 4.37 Å². The zero-order chi connectivity index (χ0) is 7.68. The van der Waals surface area contributed by atoms with Crippen LogP contribution in [0.4, 0.5) is 5.00 Å². The molecule has 1 aromatic heterocycles. The van der Waals surface area contributed by atoms with Gasteiger partial charge in [0, 0.05) is 12.4 Å². The molecule has 1 aromatic carbocycles. The Bertz CT molecular complexity index is 367. The van der Waals surface area contributed by atoms with Crippen LogP contribution < -0.4 is 5.32 Å². The molecule has 2 nitrogen and oxygen atoms in total. The summed E-state index contributed by atoms with van der Waals surface area (Å²) in [5.41, 5.74) is 1.07. The van der Waals surface area contributed by atoms with E-state index in [1.54, 1.807) is 0 Å². The summed E-state index contributed by atoms with van der Waals surface area (Å²) in [7, 11) is 1.92. The average Bonchev–Trinajstić information content (AvgIpc) is 2.47. The molecule has 0 radical (unpaired) electrons. The lowest BCUT2D eigenvalue weighted by Crippen LogP contribution is -1.82. The molecule has 0 atom stereocenters. The summed E-state index contributed by atoms with van der Waals surface area (Å²) < 4.78 is 4.27. The number of hydrogen-bond donors (Lipinski definition) is 1. The van der Waals surface area contributed by atoms with Crippen LogP contribution in [0.15, 0.2) is 24.3 Å². The summed E-state index contributed by atoms with van der Waals surface area (Å²) in [4.78, 5) is 0. The maximum absolute atomic E-state index is 4.27. The lowest BCUT2D eigenvalue weighted by molar-refractivity contribution is 1.61. The molecule has 0 amide bonds. The van der Waals surface area contributed by atoms with E-state index in [0.29, 0.717) is 0 Å². The lowest BCUT2D eigenvalue weighted by atomic mass is 10.2. The number of hydrogen-bond acceptors (Lipinski definition) is 3. The Balaban J connectivity index is 2.76. The van der Waals surface area contributed by atoms with Crippen LogP contribution in [0.2, 0.25) is 0 Å². The molecule has 0 aliphatic carbocycles. The quantitative estimate of drug-likeness (QED) is 0.699. The molecular formula is C8H8N2S. The van der Waals surface area contributed by atoms with E-state index in [1.807, 2.05) is 25.2 Å². The number of fused-ring (bicyclic) bond motifs is 1.